The summed E-state index contributed by atoms with van der Waals surface area (Å²) in [7, 11) is 2.93. The fourth-order valence-corrected chi connectivity index (χ4v) is 2.24. The first-order valence-corrected chi connectivity index (χ1v) is 6.40. The minimum absolute atomic E-state index is 0.0406. The molecule has 1 aliphatic rings. The third-order valence-electron chi connectivity index (χ3n) is 3.82. The summed E-state index contributed by atoms with van der Waals surface area (Å²) in [6.45, 7) is 4.83. The second kappa shape index (κ2) is 6.18. The lowest BCUT2D eigenvalue weighted by Crippen LogP contribution is -2.52. The van der Waals surface area contributed by atoms with Crippen LogP contribution in [0.15, 0.2) is 0 Å². The maximum atomic E-state index is 12.4. The number of hydrogen-bond donors (Lipinski definition) is 0. The molecule has 0 saturated carbocycles. The summed E-state index contributed by atoms with van der Waals surface area (Å²) in [6.07, 6.45) is 2.23. The number of likely N-dealkylation sites (tertiary alicyclic amines) is 1. The second-order valence-electron chi connectivity index (χ2n) is 4.90. The van der Waals surface area contributed by atoms with Crippen molar-refractivity contribution in [1.29, 1.82) is 0 Å². The number of ether oxygens (including phenoxy) is 2. The average molecular weight is 257 g/mol. The molecule has 1 unspecified atom stereocenters. The zero-order chi connectivity index (χ0) is 13.8. The van der Waals surface area contributed by atoms with Gasteiger partial charge in [0.1, 0.15) is 5.60 Å². The van der Waals surface area contributed by atoms with Crippen molar-refractivity contribution >= 4 is 11.9 Å². The zero-order valence-electron chi connectivity index (χ0n) is 11.7. The van der Waals surface area contributed by atoms with Crippen LogP contribution in [0.25, 0.3) is 0 Å². The van der Waals surface area contributed by atoms with Gasteiger partial charge in [-0.2, -0.15) is 0 Å². The van der Waals surface area contributed by atoms with Crippen molar-refractivity contribution in [2.75, 3.05) is 27.3 Å². The Morgan fingerprint density at radius 1 is 1.39 bits per heavy atom. The van der Waals surface area contributed by atoms with Crippen LogP contribution >= 0.6 is 0 Å². The third-order valence-corrected chi connectivity index (χ3v) is 3.82. The number of nitrogens with zero attached hydrogens (tertiary/aromatic N) is 1. The molecule has 1 aliphatic heterocycles. The molecule has 0 N–H and O–H groups in total. The molecule has 0 bridgehead atoms. The van der Waals surface area contributed by atoms with Gasteiger partial charge in [0.25, 0.3) is 5.91 Å². The second-order valence-corrected chi connectivity index (χ2v) is 4.90. The van der Waals surface area contributed by atoms with Crippen LogP contribution in [0.2, 0.25) is 0 Å². The predicted octanol–water partition coefficient (Wildman–Crippen LogP) is 1.21. The first-order valence-electron chi connectivity index (χ1n) is 6.40. The van der Waals surface area contributed by atoms with Crippen LogP contribution in [0.3, 0.4) is 0 Å². The Morgan fingerprint density at radius 3 is 2.56 bits per heavy atom. The Hall–Kier alpha value is -1.10. The molecule has 5 heteroatoms. The highest BCUT2D eigenvalue weighted by Crippen LogP contribution is 2.23. The molecule has 0 spiro atoms. The van der Waals surface area contributed by atoms with E-state index in [-0.39, 0.29) is 17.8 Å². The molecule has 1 rings (SSSR count). The van der Waals surface area contributed by atoms with Crippen molar-refractivity contribution in [2.45, 2.75) is 38.7 Å². The average Bonchev–Trinajstić information content (AvgIpc) is 2.44. The van der Waals surface area contributed by atoms with Crippen molar-refractivity contribution in [1.82, 2.24) is 4.90 Å². The predicted molar refractivity (Wildman–Crippen MR) is 67.0 cm³/mol. The van der Waals surface area contributed by atoms with Crippen LogP contribution < -0.4 is 0 Å². The van der Waals surface area contributed by atoms with Gasteiger partial charge in [0.15, 0.2) is 0 Å². The van der Waals surface area contributed by atoms with Crippen LogP contribution in [0.1, 0.15) is 33.1 Å². The minimum atomic E-state index is -0.794. The standard InChI is InChI=1S/C13H23NO4/c1-5-13(2,18-4)12(16)14-8-6-7-10(9-14)11(15)17-3/h10H,5-9H2,1-4H3/t10-,13?/m0/s1. The highest BCUT2D eigenvalue weighted by atomic mass is 16.5. The normalized spacial score (nSPS) is 23.3. The zero-order valence-corrected chi connectivity index (χ0v) is 11.7. The van der Waals surface area contributed by atoms with E-state index in [9.17, 15) is 9.59 Å². The van der Waals surface area contributed by atoms with E-state index in [4.69, 9.17) is 9.47 Å². The number of carbonyl (C=O) groups excluding carboxylic acids is 2. The molecule has 1 amide bonds. The van der Waals surface area contributed by atoms with E-state index in [0.717, 1.165) is 12.8 Å². The quantitative estimate of drug-likeness (QED) is 0.710. The van der Waals surface area contributed by atoms with Gasteiger partial charge in [-0.1, -0.05) is 6.92 Å². The molecule has 1 heterocycles. The molecule has 104 valence electrons. The molecule has 0 aromatic heterocycles. The number of carbonyl (C=O) groups is 2. The van der Waals surface area contributed by atoms with Crippen molar-refractivity contribution in [3.05, 3.63) is 0 Å². The van der Waals surface area contributed by atoms with Gasteiger partial charge in [-0.3, -0.25) is 9.59 Å². The first kappa shape index (κ1) is 15.0. The Balaban J connectivity index is 2.72. The first-order chi connectivity index (χ1) is 8.48. The summed E-state index contributed by atoms with van der Waals surface area (Å²) in [5.74, 6) is -0.477. The van der Waals surface area contributed by atoms with Crippen LogP contribution in [0, 0.1) is 5.92 Å². The molecule has 1 fully saturated rings. The molecule has 0 radical (unpaired) electrons. The molecule has 0 aromatic rings. The van der Waals surface area contributed by atoms with Crippen LogP contribution in [0.4, 0.5) is 0 Å². The van der Waals surface area contributed by atoms with Gasteiger partial charge in [-0.25, -0.2) is 0 Å². The summed E-state index contributed by atoms with van der Waals surface area (Å²) in [4.78, 5) is 25.6. The van der Waals surface area contributed by atoms with Crippen molar-refractivity contribution < 1.29 is 19.1 Å². The Kier molecular flexibility index (Phi) is 5.14. The molecular weight excluding hydrogens is 234 g/mol. The molecule has 0 aliphatic carbocycles. The highest BCUT2D eigenvalue weighted by molar-refractivity contribution is 5.85. The van der Waals surface area contributed by atoms with Crippen LogP contribution in [-0.2, 0) is 19.1 Å². The monoisotopic (exact) mass is 257 g/mol. The van der Waals surface area contributed by atoms with Gasteiger partial charge in [0.2, 0.25) is 0 Å². The highest BCUT2D eigenvalue weighted by Gasteiger charge is 2.38. The number of amides is 1. The van der Waals surface area contributed by atoms with E-state index in [1.165, 1.54) is 7.11 Å². The van der Waals surface area contributed by atoms with Gasteiger partial charge < -0.3 is 14.4 Å². The van der Waals surface area contributed by atoms with E-state index >= 15 is 0 Å². The Morgan fingerprint density at radius 2 is 2.06 bits per heavy atom. The van der Waals surface area contributed by atoms with Crippen molar-refractivity contribution in [3.8, 4) is 0 Å². The SMILES string of the molecule is CCC(C)(OC)C(=O)N1CCC[C@H](C(=O)OC)C1. The topological polar surface area (TPSA) is 55.8 Å². The lowest BCUT2D eigenvalue weighted by Gasteiger charge is -2.37. The van der Waals surface area contributed by atoms with E-state index in [0.29, 0.717) is 19.5 Å². The van der Waals surface area contributed by atoms with Crippen LogP contribution in [0.5, 0.6) is 0 Å². The Labute approximate surface area is 108 Å². The van der Waals surface area contributed by atoms with Gasteiger partial charge in [0.05, 0.1) is 13.0 Å². The maximum absolute atomic E-state index is 12.4. The largest absolute Gasteiger partial charge is 0.469 e. The van der Waals surface area contributed by atoms with Crippen molar-refractivity contribution in [3.63, 3.8) is 0 Å². The molecule has 2 atom stereocenters. The van der Waals surface area contributed by atoms with Crippen molar-refractivity contribution in [2.24, 2.45) is 5.92 Å². The fourth-order valence-electron chi connectivity index (χ4n) is 2.24. The lowest BCUT2D eigenvalue weighted by molar-refractivity contribution is -0.158. The number of rotatable bonds is 4. The summed E-state index contributed by atoms with van der Waals surface area (Å²) in [6, 6.07) is 0. The van der Waals surface area contributed by atoms with Gasteiger partial charge in [-0.15, -0.1) is 0 Å². The molecule has 1 saturated heterocycles. The summed E-state index contributed by atoms with van der Waals surface area (Å²) < 4.78 is 10.1. The van der Waals surface area contributed by atoms with E-state index in [1.54, 1.807) is 18.9 Å². The lowest BCUT2D eigenvalue weighted by atomic mass is 9.94. The van der Waals surface area contributed by atoms with Gasteiger partial charge >= 0.3 is 5.97 Å². The molecular formula is C13H23NO4. The van der Waals surface area contributed by atoms with E-state index < -0.39 is 5.60 Å². The number of hydrogen-bond acceptors (Lipinski definition) is 4. The van der Waals surface area contributed by atoms with E-state index in [2.05, 4.69) is 0 Å². The Bertz CT molecular complexity index is 312. The van der Waals surface area contributed by atoms with E-state index in [1.807, 2.05) is 6.92 Å². The number of piperidine rings is 1. The molecule has 18 heavy (non-hydrogen) atoms. The van der Waals surface area contributed by atoms with Gasteiger partial charge in [-0.05, 0) is 26.2 Å². The smallest absolute Gasteiger partial charge is 0.310 e. The number of esters is 1. The summed E-state index contributed by atoms with van der Waals surface area (Å²) in [5, 5.41) is 0. The van der Waals surface area contributed by atoms with Crippen LogP contribution in [-0.4, -0.2) is 49.7 Å². The number of methoxy groups -OCH3 is 2. The molecule has 5 nitrogen and oxygen atoms in total. The maximum Gasteiger partial charge on any atom is 0.310 e. The third kappa shape index (κ3) is 3.02. The summed E-state index contributed by atoms with van der Waals surface area (Å²) in [5.41, 5.74) is -0.794. The fraction of sp³-hybridized carbons (Fsp3) is 0.846. The van der Waals surface area contributed by atoms with Gasteiger partial charge in [0, 0.05) is 20.2 Å². The summed E-state index contributed by atoms with van der Waals surface area (Å²) >= 11 is 0. The molecule has 0 aromatic carbocycles. The minimum Gasteiger partial charge on any atom is -0.469 e.